The Morgan fingerprint density at radius 2 is 2.07 bits per heavy atom. The maximum atomic E-state index is 5.82. The van der Waals surface area contributed by atoms with Crippen molar-refractivity contribution in [1.29, 1.82) is 0 Å². The number of nitrogens with zero attached hydrogens (tertiary/aromatic N) is 1. The number of hydrogen-bond donors (Lipinski definition) is 1. The molecule has 2 N–H and O–H groups in total. The fraction of sp³-hybridized carbons (Fsp3) is 1.00. The second kappa shape index (κ2) is 6.38. The predicted molar refractivity (Wildman–Crippen MR) is 59.1 cm³/mol. The van der Waals surface area contributed by atoms with Crippen LogP contribution in [0.15, 0.2) is 0 Å². The lowest BCUT2D eigenvalue weighted by Gasteiger charge is -2.34. The number of likely N-dealkylation sites (tertiary alicyclic amines) is 1. The number of rotatable bonds is 5. The lowest BCUT2D eigenvalue weighted by Crippen LogP contribution is -2.46. The average Bonchev–Trinajstić information content (AvgIpc) is 2.19. The standard InChI is InChI=1S/C11H24N2O/c1-3-4-9-14-11-5-7-13(8-6-11)10(2)12/h10-11H,3-9,12H2,1-2H3. The highest BCUT2D eigenvalue weighted by atomic mass is 16.5. The van der Waals surface area contributed by atoms with Crippen LogP contribution in [0.25, 0.3) is 0 Å². The Kier molecular flexibility index (Phi) is 5.45. The van der Waals surface area contributed by atoms with Crippen molar-refractivity contribution in [1.82, 2.24) is 4.90 Å². The highest BCUT2D eigenvalue weighted by molar-refractivity contribution is 4.74. The molecule has 0 aromatic heterocycles. The lowest BCUT2D eigenvalue weighted by atomic mass is 10.1. The van der Waals surface area contributed by atoms with Gasteiger partial charge < -0.3 is 10.5 Å². The van der Waals surface area contributed by atoms with Crippen molar-refractivity contribution >= 4 is 0 Å². The van der Waals surface area contributed by atoms with E-state index < -0.39 is 0 Å². The molecule has 1 fully saturated rings. The minimum Gasteiger partial charge on any atom is -0.378 e. The summed E-state index contributed by atoms with van der Waals surface area (Å²) in [4.78, 5) is 2.32. The van der Waals surface area contributed by atoms with Gasteiger partial charge in [0.05, 0.1) is 12.3 Å². The minimum atomic E-state index is 0.201. The molecule has 1 aliphatic heterocycles. The van der Waals surface area contributed by atoms with Gasteiger partial charge in [-0.15, -0.1) is 0 Å². The highest BCUT2D eigenvalue weighted by Crippen LogP contribution is 2.14. The van der Waals surface area contributed by atoms with Crippen LogP contribution in [0.4, 0.5) is 0 Å². The van der Waals surface area contributed by atoms with Crippen LogP contribution >= 0.6 is 0 Å². The van der Waals surface area contributed by atoms with Crippen LogP contribution in [0.3, 0.4) is 0 Å². The monoisotopic (exact) mass is 200 g/mol. The summed E-state index contributed by atoms with van der Waals surface area (Å²) in [5.41, 5.74) is 5.82. The first-order chi connectivity index (χ1) is 6.74. The third kappa shape index (κ3) is 3.95. The number of hydrogen-bond acceptors (Lipinski definition) is 3. The van der Waals surface area contributed by atoms with E-state index in [1.54, 1.807) is 0 Å². The molecule has 0 aliphatic carbocycles. The van der Waals surface area contributed by atoms with Gasteiger partial charge in [0.25, 0.3) is 0 Å². The third-order valence-electron chi connectivity index (χ3n) is 2.90. The summed E-state index contributed by atoms with van der Waals surface area (Å²) in [6.45, 7) is 7.36. The molecule has 3 nitrogen and oxygen atoms in total. The molecule has 1 unspecified atom stereocenters. The molecule has 1 heterocycles. The summed E-state index contributed by atoms with van der Waals surface area (Å²) < 4.78 is 5.78. The minimum absolute atomic E-state index is 0.201. The summed E-state index contributed by atoms with van der Waals surface area (Å²) in [6.07, 6.45) is 5.38. The molecule has 1 atom stereocenters. The van der Waals surface area contributed by atoms with Gasteiger partial charge in [-0.1, -0.05) is 13.3 Å². The van der Waals surface area contributed by atoms with Crippen LogP contribution in [0, 0.1) is 0 Å². The van der Waals surface area contributed by atoms with E-state index in [1.165, 1.54) is 12.8 Å². The molecule has 0 radical (unpaired) electrons. The van der Waals surface area contributed by atoms with E-state index in [0.717, 1.165) is 32.5 Å². The molecule has 1 aliphatic rings. The molecule has 0 aromatic rings. The second-order valence-corrected chi connectivity index (χ2v) is 4.20. The van der Waals surface area contributed by atoms with Crippen LogP contribution in [-0.2, 0) is 4.74 Å². The first kappa shape index (κ1) is 12.0. The fourth-order valence-electron chi connectivity index (χ4n) is 1.84. The zero-order valence-electron chi connectivity index (χ0n) is 9.54. The lowest BCUT2D eigenvalue weighted by molar-refractivity contribution is -0.000695. The van der Waals surface area contributed by atoms with Crippen molar-refractivity contribution in [3.05, 3.63) is 0 Å². The second-order valence-electron chi connectivity index (χ2n) is 4.20. The largest absolute Gasteiger partial charge is 0.378 e. The van der Waals surface area contributed by atoms with Crippen molar-refractivity contribution in [2.24, 2.45) is 5.73 Å². The van der Waals surface area contributed by atoms with Crippen LogP contribution < -0.4 is 5.73 Å². The Morgan fingerprint density at radius 1 is 1.43 bits per heavy atom. The Labute approximate surface area is 87.6 Å². The zero-order chi connectivity index (χ0) is 10.4. The fourth-order valence-corrected chi connectivity index (χ4v) is 1.84. The van der Waals surface area contributed by atoms with Crippen molar-refractivity contribution in [2.45, 2.75) is 51.8 Å². The molecular weight excluding hydrogens is 176 g/mol. The van der Waals surface area contributed by atoms with E-state index in [9.17, 15) is 0 Å². The number of unbranched alkanes of at least 4 members (excludes halogenated alkanes) is 1. The van der Waals surface area contributed by atoms with Crippen LogP contribution in [0.5, 0.6) is 0 Å². The number of ether oxygens (including phenoxy) is 1. The van der Waals surface area contributed by atoms with Crippen molar-refractivity contribution < 1.29 is 4.74 Å². The summed E-state index contributed by atoms with van der Waals surface area (Å²) in [7, 11) is 0. The zero-order valence-corrected chi connectivity index (χ0v) is 9.54. The summed E-state index contributed by atoms with van der Waals surface area (Å²) in [5.74, 6) is 0. The van der Waals surface area contributed by atoms with E-state index in [-0.39, 0.29) is 6.17 Å². The summed E-state index contributed by atoms with van der Waals surface area (Å²) in [5, 5.41) is 0. The van der Waals surface area contributed by atoms with E-state index in [2.05, 4.69) is 18.7 Å². The molecule has 14 heavy (non-hydrogen) atoms. The number of piperidine rings is 1. The molecule has 0 saturated carbocycles. The Balaban J connectivity index is 2.09. The first-order valence-electron chi connectivity index (χ1n) is 5.85. The molecule has 1 rings (SSSR count). The molecule has 0 amide bonds. The third-order valence-corrected chi connectivity index (χ3v) is 2.90. The molecule has 0 aromatic carbocycles. The SMILES string of the molecule is CCCCOC1CCN(C(C)N)CC1. The molecule has 3 heteroatoms. The van der Waals surface area contributed by atoms with Gasteiger partial charge in [0, 0.05) is 19.7 Å². The van der Waals surface area contributed by atoms with Gasteiger partial charge >= 0.3 is 0 Å². The summed E-state index contributed by atoms with van der Waals surface area (Å²) in [6, 6.07) is 0. The smallest absolute Gasteiger partial charge is 0.0599 e. The maximum Gasteiger partial charge on any atom is 0.0599 e. The van der Waals surface area contributed by atoms with Crippen LogP contribution in [0.1, 0.15) is 39.5 Å². The van der Waals surface area contributed by atoms with Gasteiger partial charge in [-0.3, -0.25) is 4.90 Å². The van der Waals surface area contributed by atoms with Gasteiger partial charge in [0.1, 0.15) is 0 Å². The normalized spacial score (nSPS) is 22.5. The highest BCUT2D eigenvalue weighted by Gasteiger charge is 2.20. The Morgan fingerprint density at radius 3 is 2.57 bits per heavy atom. The molecule has 0 spiro atoms. The number of nitrogens with two attached hydrogens (primary N) is 1. The molecular formula is C11H24N2O. The van der Waals surface area contributed by atoms with E-state index >= 15 is 0 Å². The van der Waals surface area contributed by atoms with Crippen LogP contribution in [-0.4, -0.2) is 36.9 Å². The first-order valence-corrected chi connectivity index (χ1v) is 5.85. The Hall–Kier alpha value is -0.120. The quantitative estimate of drug-likeness (QED) is 0.685. The molecule has 1 saturated heterocycles. The Bertz CT molecular complexity index is 142. The van der Waals surface area contributed by atoms with Gasteiger partial charge in [-0.25, -0.2) is 0 Å². The summed E-state index contributed by atoms with van der Waals surface area (Å²) >= 11 is 0. The predicted octanol–water partition coefficient (Wildman–Crippen LogP) is 1.57. The van der Waals surface area contributed by atoms with Crippen molar-refractivity contribution in [2.75, 3.05) is 19.7 Å². The van der Waals surface area contributed by atoms with E-state index in [4.69, 9.17) is 10.5 Å². The van der Waals surface area contributed by atoms with Crippen LogP contribution in [0.2, 0.25) is 0 Å². The van der Waals surface area contributed by atoms with Gasteiger partial charge in [-0.2, -0.15) is 0 Å². The van der Waals surface area contributed by atoms with Crippen molar-refractivity contribution in [3.8, 4) is 0 Å². The van der Waals surface area contributed by atoms with Gasteiger partial charge in [0.2, 0.25) is 0 Å². The molecule has 0 bridgehead atoms. The van der Waals surface area contributed by atoms with Gasteiger partial charge in [-0.05, 0) is 26.2 Å². The average molecular weight is 200 g/mol. The van der Waals surface area contributed by atoms with E-state index in [1.807, 2.05) is 0 Å². The maximum absolute atomic E-state index is 5.82. The van der Waals surface area contributed by atoms with E-state index in [0.29, 0.717) is 6.10 Å². The van der Waals surface area contributed by atoms with Gasteiger partial charge in [0.15, 0.2) is 0 Å². The topological polar surface area (TPSA) is 38.5 Å². The molecule has 84 valence electrons. The van der Waals surface area contributed by atoms with Crippen molar-refractivity contribution in [3.63, 3.8) is 0 Å².